The fourth-order valence-electron chi connectivity index (χ4n) is 2.35. The van der Waals surface area contributed by atoms with E-state index in [0.29, 0.717) is 31.0 Å². The molecule has 1 amide bonds. The van der Waals surface area contributed by atoms with Gasteiger partial charge in [-0.1, -0.05) is 31.1 Å². The lowest BCUT2D eigenvalue weighted by Crippen LogP contribution is -2.29. The summed E-state index contributed by atoms with van der Waals surface area (Å²) in [7, 11) is 1.76. The summed E-state index contributed by atoms with van der Waals surface area (Å²) < 4.78 is 18.2. The monoisotopic (exact) mass is 333 g/mol. The van der Waals surface area contributed by atoms with Crippen molar-refractivity contribution in [3.05, 3.63) is 47.4 Å². The predicted octanol–water partition coefficient (Wildman–Crippen LogP) is 3.87. The Morgan fingerprint density at radius 2 is 1.92 bits per heavy atom. The first-order valence-corrected chi connectivity index (χ1v) is 8.22. The highest BCUT2D eigenvalue weighted by Gasteiger charge is 2.17. The second kappa shape index (κ2) is 8.04. The van der Waals surface area contributed by atoms with Crippen LogP contribution in [0.3, 0.4) is 0 Å². The SMILES string of the molecule is CC(C)c1noc(CCCC(=O)N(C)C(C)c2ccc(F)cc2)n1. The molecule has 5 nitrogen and oxygen atoms in total. The summed E-state index contributed by atoms with van der Waals surface area (Å²) in [6, 6.07) is 6.12. The number of aromatic nitrogens is 2. The summed E-state index contributed by atoms with van der Waals surface area (Å²) >= 11 is 0. The Hall–Kier alpha value is -2.24. The predicted molar refractivity (Wildman–Crippen MR) is 88.9 cm³/mol. The van der Waals surface area contributed by atoms with Crippen LogP contribution < -0.4 is 0 Å². The van der Waals surface area contributed by atoms with Gasteiger partial charge in [0.2, 0.25) is 11.8 Å². The molecule has 0 bridgehead atoms. The summed E-state index contributed by atoms with van der Waals surface area (Å²) in [6.07, 6.45) is 1.64. The number of carbonyl (C=O) groups is 1. The van der Waals surface area contributed by atoms with Crippen molar-refractivity contribution in [1.29, 1.82) is 0 Å². The molecule has 0 saturated carbocycles. The van der Waals surface area contributed by atoms with Gasteiger partial charge in [-0.2, -0.15) is 4.98 Å². The molecule has 0 aliphatic heterocycles. The molecule has 1 heterocycles. The molecule has 2 rings (SSSR count). The van der Waals surface area contributed by atoms with Gasteiger partial charge in [0.25, 0.3) is 0 Å². The number of rotatable bonds is 7. The average molecular weight is 333 g/mol. The fourth-order valence-corrected chi connectivity index (χ4v) is 2.35. The molecule has 24 heavy (non-hydrogen) atoms. The summed E-state index contributed by atoms with van der Waals surface area (Å²) in [5.41, 5.74) is 0.908. The van der Waals surface area contributed by atoms with Crippen molar-refractivity contribution in [2.24, 2.45) is 0 Å². The molecule has 0 aliphatic carbocycles. The summed E-state index contributed by atoms with van der Waals surface area (Å²) in [5, 5.41) is 3.91. The lowest BCUT2D eigenvalue weighted by molar-refractivity contribution is -0.131. The molecule has 0 saturated heterocycles. The van der Waals surface area contributed by atoms with E-state index in [1.165, 1.54) is 12.1 Å². The third-order valence-corrected chi connectivity index (χ3v) is 4.11. The van der Waals surface area contributed by atoms with Crippen LogP contribution in [0.4, 0.5) is 4.39 Å². The first kappa shape index (κ1) is 18.1. The zero-order valence-electron chi connectivity index (χ0n) is 14.6. The minimum Gasteiger partial charge on any atom is -0.339 e. The van der Waals surface area contributed by atoms with Crippen molar-refractivity contribution in [3.63, 3.8) is 0 Å². The first-order valence-electron chi connectivity index (χ1n) is 8.22. The quantitative estimate of drug-likeness (QED) is 0.771. The maximum atomic E-state index is 13.0. The van der Waals surface area contributed by atoms with Gasteiger partial charge in [-0.05, 0) is 31.0 Å². The maximum Gasteiger partial charge on any atom is 0.226 e. The number of halogens is 1. The van der Waals surface area contributed by atoms with Crippen molar-refractivity contribution in [2.75, 3.05) is 7.05 Å². The molecule has 1 aromatic carbocycles. The smallest absolute Gasteiger partial charge is 0.226 e. The number of aryl methyl sites for hydroxylation is 1. The Morgan fingerprint density at radius 3 is 2.50 bits per heavy atom. The van der Waals surface area contributed by atoms with Crippen LogP contribution in [0.15, 0.2) is 28.8 Å². The van der Waals surface area contributed by atoms with Crippen LogP contribution in [0.25, 0.3) is 0 Å². The van der Waals surface area contributed by atoms with Crippen LogP contribution in [0, 0.1) is 5.82 Å². The maximum absolute atomic E-state index is 13.0. The Morgan fingerprint density at radius 1 is 1.25 bits per heavy atom. The molecule has 0 spiro atoms. The molecular formula is C18H24FN3O2. The standard InChI is InChI=1S/C18H24FN3O2/c1-12(2)18-20-16(24-21-18)6-5-7-17(23)22(4)13(3)14-8-10-15(19)11-9-14/h8-13H,5-7H2,1-4H3. The zero-order valence-corrected chi connectivity index (χ0v) is 14.6. The molecular weight excluding hydrogens is 309 g/mol. The van der Waals surface area contributed by atoms with E-state index in [-0.39, 0.29) is 23.7 Å². The number of carbonyl (C=O) groups excluding carboxylic acids is 1. The van der Waals surface area contributed by atoms with Crippen LogP contribution in [-0.2, 0) is 11.2 Å². The van der Waals surface area contributed by atoms with Crippen molar-refractivity contribution in [1.82, 2.24) is 15.0 Å². The minimum absolute atomic E-state index is 0.0374. The highest BCUT2D eigenvalue weighted by Crippen LogP contribution is 2.20. The Kier molecular flexibility index (Phi) is 6.06. The van der Waals surface area contributed by atoms with E-state index in [0.717, 1.165) is 5.56 Å². The minimum atomic E-state index is -0.278. The van der Waals surface area contributed by atoms with E-state index < -0.39 is 0 Å². The van der Waals surface area contributed by atoms with E-state index in [4.69, 9.17) is 4.52 Å². The van der Waals surface area contributed by atoms with E-state index in [2.05, 4.69) is 10.1 Å². The van der Waals surface area contributed by atoms with Gasteiger partial charge in [-0.25, -0.2) is 4.39 Å². The summed E-state index contributed by atoms with van der Waals surface area (Å²) in [6.45, 7) is 5.94. The molecule has 0 radical (unpaired) electrons. The molecule has 2 aromatic rings. The summed E-state index contributed by atoms with van der Waals surface area (Å²) in [4.78, 5) is 18.3. The van der Waals surface area contributed by atoms with Gasteiger partial charge >= 0.3 is 0 Å². The first-order chi connectivity index (χ1) is 11.4. The van der Waals surface area contributed by atoms with Crippen molar-refractivity contribution in [3.8, 4) is 0 Å². The molecule has 6 heteroatoms. The van der Waals surface area contributed by atoms with Gasteiger partial charge in [-0.3, -0.25) is 4.79 Å². The van der Waals surface area contributed by atoms with Crippen LogP contribution in [0.5, 0.6) is 0 Å². The number of hydrogen-bond acceptors (Lipinski definition) is 4. The van der Waals surface area contributed by atoms with Gasteiger partial charge in [0.15, 0.2) is 5.82 Å². The highest BCUT2D eigenvalue weighted by atomic mass is 19.1. The molecule has 1 unspecified atom stereocenters. The topological polar surface area (TPSA) is 59.2 Å². The van der Waals surface area contributed by atoms with Gasteiger partial charge in [0.05, 0.1) is 6.04 Å². The van der Waals surface area contributed by atoms with Gasteiger partial charge in [0, 0.05) is 25.8 Å². The second-order valence-electron chi connectivity index (χ2n) is 6.29. The zero-order chi connectivity index (χ0) is 17.7. The third-order valence-electron chi connectivity index (χ3n) is 4.11. The number of nitrogens with zero attached hydrogens (tertiary/aromatic N) is 3. The molecule has 0 N–H and O–H groups in total. The Labute approximate surface area is 141 Å². The number of amides is 1. The molecule has 1 atom stereocenters. The molecule has 1 aromatic heterocycles. The van der Waals surface area contributed by atoms with Crippen molar-refractivity contribution in [2.45, 2.75) is 52.0 Å². The molecule has 130 valence electrons. The van der Waals surface area contributed by atoms with Crippen molar-refractivity contribution >= 4 is 5.91 Å². The molecule has 0 aliphatic rings. The van der Waals surface area contributed by atoms with E-state index in [1.807, 2.05) is 20.8 Å². The van der Waals surface area contributed by atoms with Crippen molar-refractivity contribution < 1.29 is 13.7 Å². The lowest BCUT2D eigenvalue weighted by Gasteiger charge is -2.25. The highest BCUT2D eigenvalue weighted by molar-refractivity contribution is 5.76. The van der Waals surface area contributed by atoms with Gasteiger partial charge in [0.1, 0.15) is 5.82 Å². The van der Waals surface area contributed by atoms with Crippen LogP contribution in [0.2, 0.25) is 0 Å². The number of hydrogen-bond donors (Lipinski definition) is 0. The molecule has 0 fully saturated rings. The van der Waals surface area contributed by atoms with Crippen LogP contribution >= 0.6 is 0 Å². The third kappa shape index (κ3) is 4.63. The Balaban J connectivity index is 1.83. The van der Waals surface area contributed by atoms with Crippen LogP contribution in [0.1, 0.15) is 62.9 Å². The van der Waals surface area contributed by atoms with Crippen LogP contribution in [-0.4, -0.2) is 28.0 Å². The normalized spacial score (nSPS) is 12.4. The second-order valence-corrected chi connectivity index (χ2v) is 6.29. The number of benzene rings is 1. The van der Waals surface area contributed by atoms with E-state index >= 15 is 0 Å². The van der Waals surface area contributed by atoms with Gasteiger partial charge < -0.3 is 9.42 Å². The lowest BCUT2D eigenvalue weighted by atomic mass is 10.1. The van der Waals surface area contributed by atoms with Gasteiger partial charge in [-0.15, -0.1) is 0 Å². The average Bonchev–Trinajstić information content (AvgIpc) is 3.03. The largest absolute Gasteiger partial charge is 0.339 e. The van der Waals surface area contributed by atoms with E-state index in [9.17, 15) is 9.18 Å². The fraction of sp³-hybridized carbons (Fsp3) is 0.500. The summed E-state index contributed by atoms with van der Waals surface area (Å²) in [5.74, 6) is 1.25. The Bertz CT molecular complexity index is 667. The van der Waals surface area contributed by atoms with E-state index in [1.54, 1.807) is 24.1 Å².